The molecular formula is C12H16F3NO4S. The Hall–Kier alpha value is -1.32. The molecule has 21 heavy (non-hydrogen) atoms. The Morgan fingerprint density at radius 3 is 2.52 bits per heavy atom. The van der Waals surface area contributed by atoms with E-state index in [9.17, 15) is 26.7 Å². The topological polar surface area (TPSA) is 75.6 Å². The average Bonchev–Trinajstić information content (AvgIpc) is 2.42. The first-order valence-corrected chi connectivity index (χ1v) is 7.61. The second kappa shape index (κ2) is 7.10. The van der Waals surface area contributed by atoms with Crippen molar-refractivity contribution in [2.24, 2.45) is 0 Å². The zero-order chi connectivity index (χ0) is 16.1. The quantitative estimate of drug-likeness (QED) is 0.801. The molecule has 0 saturated carbocycles. The van der Waals surface area contributed by atoms with Gasteiger partial charge in [0.05, 0.1) is 18.1 Å². The number of sulfonamides is 1. The highest BCUT2D eigenvalue weighted by atomic mass is 32.2. The van der Waals surface area contributed by atoms with E-state index in [2.05, 4.69) is 0 Å². The fourth-order valence-corrected chi connectivity index (χ4v) is 2.52. The summed E-state index contributed by atoms with van der Waals surface area (Å²) in [5.41, 5.74) is 0.193. The molecule has 0 atom stereocenters. The molecule has 0 bridgehead atoms. The minimum Gasteiger partial charge on any atom is -0.493 e. The van der Waals surface area contributed by atoms with Gasteiger partial charge in [0.25, 0.3) is 0 Å². The molecule has 9 heteroatoms. The van der Waals surface area contributed by atoms with Crippen molar-refractivity contribution in [2.45, 2.75) is 31.0 Å². The Labute approximate surface area is 120 Å². The van der Waals surface area contributed by atoms with Crippen molar-refractivity contribution >= 4 is 10.0 Å². The molecule has 0 saturated heterocycles. The van der Waals surface area contributed by atoms with Gasteiger partial charge in [-0.25, -0.2) is 13.1 Å². The van der Waals surface area contributed by atoms with Crippen LogP contribution in [-0.2, 0) is 16.6 Å². The van der Waals surface area contributed by atoms with Crippen molar-refractivity contribution in [2.75, 3.05) is 13.2 Å². The van der Waals surface area contributed by atoms with E-state index in [1.165, 1.54) is 10.8 Å². The van der Waals surface area contributed by atoms with Crippen LogP contribution in [0.4, 0.5) is 13.2 Å². The van der Waals surface area contributed by atoms with Crippen molar-refractivity contribution in [3.8, 4) is 5.75 Å². The lowest BCUT2D eigenvalue weighted by Crippen LogP contribution is -2.33. The Balaban J connectivity index is 2.97. The third kappa shape index (κ3) is 5.52. The van der Waals surface area contributed by atoms with Crippen LogP contribution in [-0.4, -0.2) is 32.9 Å². The molecule has 0 aromatic heterocycles. The highest BCUT2D eigenvalue weighted by Gasteiger charge is 2.30. The fourth-order valence-electron chi connectivity index (χ4n) is 1.46. The van der Waals surface area contributed by atoms with Gasteiger partial charge in [0.15, 0.2) is 0 Å². The summed E-state index contributed by atoms with van der Waals surface area (Å²) >= 11 is 0. The van der Waals surface area contributed by atoms with Gasteiger partial charge in [-0.05, 0) is 24.6 Å². The van der Waals surface area contributed by atoms with Crippen molar-refractivity contribution in [1.82, 2.24) is 4.72 Å². The van der Waals surface area contributed by atoms with Crippen molar-refractivity contribution in [3.05, 3.63) is 23.8 Å². The molecule has 0 aliphatic heterocycles. The van der Waals surface area contributed by atoms with E-state index < -0.39 is 29.4 Å². The number of hydrogen-bond donors (Lipinski definition) is 2. The molecule has 0 amide bonds. The number of halogens is 3. The molecule has 0 unspecified atom stereocenters. The number of benzene rings is 1. The van der Waals surface area contributed by atoms with Gasteiger partial charge in [-0.2, -0.15) is 13.2 Å². The number of ether oxygens (including phenoxy) is 1. The summed E-state index contributed by atoms with van der Waals surface area (Å²) < 4.78 is 66.4. The molecule has 0 aliphatic carbocycles. The second-order valence-corrected chi connectivity index (χ2v) is 5.98. The maximum atomic E-state index is 12.1. The lowest BCUT2D eigenvalue weighted by atomic mass is 10.2. The first-order chi connectivity index (χ1) is 9.69. The molecular weight excluding hydrogens is 311 g/mol. The zero-order valence-corrected chi connectivity index (χ0v) is 12.1. The van der Waals surface area contributed by atoms with Gasteiger partial charge in [-0.1, -0.05) is 6.92 Å². The van der Waals surface area contributed by atoms with Crippen LogP contribution >= 0.6 is 0 Å². The van der Waals surface area contributed by atoms with E-state index >= 15 is 0 Å². The Kier molecular flexibility index (Phi) is 5.99. The lowest BCUT2D eigenvalue weighted by Gasteiger charge is -2.13. The van der Waals surface area contributed by atoms with E-state index in [4.69, 9.17) is 4.74 Å². The monoisotopic (exact) mass is 327 g/mol. The molecule has 1 aromatic rings. The van der Waals surface area contributed by atoms with Gasteiger partial charge in [0, 0.05) is 5.56 Å². The van der Waals surface area contributed by atoms with Gasteiger partial charge in [0.1, 0.15) is 12.3 Å². The van der Waals surface area contributed by atoms with Gasteiger partial charge in [-0.3, -0.25) is 0 Å². The lowest BCUT2D eigenvalue weighted by molar-refractivity contribution is -0.121. The summed E-state index contributed by atoms with van der Waals surface area (Å²) in [5, 5.41) is 9.19. The van der Waals surface area contributed by atoms with Crippen molar-refractivity contribution < 1.29 is 31.4 Å². The van der Waals surface area contributed by atoms with E-state index in [0.717, 1.165) is 18.6 Å². The molecule has 0 fully saturated rings. The summed E-state index contributed by atoms with van der Waals surface area (Å²) in [7, 11) is -4.30. The highest BCUT2D eigenvalue weighted by molar-refractivity contribution is 7.89. The van der Waals surface area contributed by atoms with Gasteiger partial charge < -0.3 is 9.84 Å². The third-order valence-electron chi connectivity index (χ3n) is 2.44. The first-order valence-electron chi connectivity index (χ1n) is 6.12. The smallest absolute Gasteiger partial charge is 0.402 e. The van der Waals surface area contributed by atoms with Crippen LogP contribution in [0.1, 0.15) is 18.9 Å². The molecule has 0 aliphatic rings. The molecule has 2 N–H and O–H groups in total. The number of rotatable bonds is 7. The van der Waals surface area contributed by atoms with E-state index in [-0.39, 0.29) is 10.5 Å². The van der Waals surface area contributed by atoms with Crippen molar-refractivity contribution in [3.63, 3.8) is 0 Å². The standard InChI is InChI=1S/C12H16F3NO4S/c1-2-5-20-11-4-3-10(6-9(11)7-17)21(18,19)16-8-12(13,14)15/h3-4,6,16-17H,2,5,7-8H2,1H3. The first kappa shape index (κ1) is 17.7. The predicted molar refractivity (Wildman–Crippen MR) is 69.4 cm³/mol. The van der Waals surface area contributed by atoms with Crippen LogP contribution in [0.15, 0.2) is 23.1 Å². The maximum absolute atomic E-state index is 12.1. The summed E-state index contributed by atoms with van der Waals surface area (Å²) in [4.78, 5) is -0.361. The molecule has 1 aromatic carbocycles. The SMILES string of the molecule is CCCOc1ccc(S(=O)(=O)NCC(F)(F)F)cc1CO. The van der Waals surface area contributed by atoms with E-state index in [0.29, 0.717) is 12.4 Å². The summed E-state index contributed by atoms with van der Waals surface area (Å²) in [6.07, 6.45) is -3.92. The molecule has 5 nitrogen and oxygen atoms in total. The Bertz CT molecular complexity index is 572. The maximum Gasteiger partial charge on any atom is 0.402 e. The molecule has 0 spiro atoms. The molecule has 120 valence electrons. The van der Waals surface area contributed by atoms with Crippen LogP contribution in [0.3, 0.4) is 0 Å². The number of alkyl halides is 3. The van der Waals surface area contributed by atoms with Crippen LogP contribution in [0.2, 0.25) is 0 Å². The number of aliphatic hydroxyl groups is 1. The molecule has 0 heterocycles. The van der Waals surface area contributed by atoms with Gasteiger partial charge in [0.2, 0.25) is 10.0 Å². The summed E-state index contributed by atoms with van der Waals surface area (Å²) in [6, 6.07) is 3.52. The second-order valence-electron chi connectivity index (χ2n) is 4.22. The van der Waals surface area contributed by atoms with Crippen molar-refractivity contribution in [1.29, 1.82) is 0 Å². The minimum atomic E-state index is -4.64. The zero-order valence-electron chi connectivity index (χ0n) is 11.3. The molecule has 0 radical (unpaired) electrons. The van der Waals surface area contributed by atoms with Crippen LogP contribution in [0.5, 0.6) is 5.75 Å². The number of nitrogens with one attached hydrogen (secondary N) is 1. The Morgan fingerprint density at radius 1 is 1.33 bits per heavy atom. The summed E-state index contributed by atoms with van der Waals surface area (Å²) in [5.74, 6) is 0.300. The Morgan fingerprint density at radius 2 is 2.00 bits per heavy atom. The number of hydrogen-bond acceptors (Lipinski definition) is 4. The van der Waals surface area contributed by atoms with Gasteiger partial charge >= 0.3 is 6.18 Å². The normalized spacial score (nSPS) is 12.4. The predicted octanol–water partition coefficient (Wildman–Crippen LogP) is 1.81. The van der Waals surface area contributed by atoms with Crippen LogP contribution < -0.4 is 9.46 Å². The molecule has 1 rings (SSSR count). The fraction of sp³-hybridized carbons (Fsp3) is 0.500. The summed E-state index contributed by atoms with van der Waals surface area (Å²) in [6.45, 7) is 0.115. The highest BCUT2D eigenvalue weighted by Crippen LogP contribution is 2.23. The van der Waals surface area contributed by atoms with Crippen LogP contribution in [0, 0.1) is 0 Å². The number of aliphatic hydroxyl groups excluding tert-OH is 1. The van der Waals surface area contributed by atoms with E-state index in [1.807, 2.05) is 6.92 Å². The van der Waals surface area contributed by atoms with Gasteiger partial charge in [-0.15, -0.1) is 0 Å². The van der Waals surface area contributed by atoms with E-state index in [1.54, 1.807) is 0 Å². The average molecular weight is 327 g/mol. The van der Waals surface area contributed by atoms with Crippen LogP contribution in [0.25, 0.3) is 0 Å². The third-order valence-corrected chi connectivity index (χ3v) is 3.84. The minimum absolute atomic E-state index is 0.193. The largest absolute Gasteiger partial charge is 0.493 e.